The summed E-state index contributed by atoms with van der Waals surface area (Å²) < 4.78 is 48.1. The zero-order valence-corrected chi connectivity index (χ0v) is 14.7. The number of alkyl halides is 2. The predicted molar refractivity (Wildman–Crippen MR) is 89.7 cm³/mol. The highest BCUT2D eigenvalue weighted by Gasteiger charge is 2.37. The van der Waals surface area contributed by atoms with E-state index in [4.69, 9.17) is 4.74 Å². The standard InChI is InChI=1S/C19H24F3NO3/c1-11-2-5-14(6-3-11)23-18(24)12-8-15(9-12)25-17-10-13(20)4-7-16(17)26-19(21)22/h4,7,10-12,14-15,19H,2-3,5-6,8-9H2,1H3,(H,23,24)/t11-,12-,14+,15-. The van der Waals surface area contributed by atoms with E-state index in [1.807, 2.05) is 0 Å². The van der Waals surface area contributed by atoms with Crippen molar-refractivity contribution >= 4 is 5.91 Å². The average molecular weight is 371 g/mol. The van der Waals surface area contributed by atoms with Gasteiger partial charge in [0.15, 0.2) is 11.5 Å². The minimum absolute atomic E-state index is 0.0210. The Hall–Kier alpha value is -1.92. The Morgan fingerprint density at radius 3 is 2.50 bits per heavy atom. The van der Waals surface area contributed by atoms with Gasteiger partial charge in [0.05, 0.1) is 0 Å². The maximum atomic E-state index is 13.4. The van der Waals surface area contributed by atoms with E-state index in [2.05, 4.69) is 17.0 Å². The Morgan fingerprint density at radius 1 is 1.15 bits per heavy atom. The monoisotopic (exact) mass is 371 g/mol. The molecule has 26 heavy (non-hydrogen) atoms. The van der Waals surface area contributed by atoms with Crippen molar-refractivity contribution in [3.8, 4) is 11.5 Å². The van der Waals surface area contributed by atoms with E-state index < -0.39 is 12.4 Å². The van der Waals surface area contributed by atoms with Gasteiger partial charge in [0.1, 0.15) is 11.9 Å². The van der Waals surface area contributed by atoms with Gasteiger partial charge in [0.25, 0.3) is 0 Å². The van der Waals surface area contributed by atoms with Gasteiger partial charge in [-0.1, -0.05) is 6.92 Å². The lowest BCUT2D eigenvalue weighted by atomic mass is 9.80. The van der Waals surface area contributed by atoms with E-state index in [9.17, 15) is 18.0 Å². The number of carbonyl (C=O) groups excluding carboxylic acids is 1. The Kier molecular flexibility index (Phi) is 5.94. The van der Waals surface area contributed by atoms with E-state index in [1.54, 1.807) is 0 Å². The van der Waals surface area contributed by atoms with Crippen LogP contribution in [0.25, 0.3) is 0 Å². The van der Waals surface area contributed by atoms with Crippen molar-refractivity contribution in [2.45, 2.75) is 64.2 Å². The maximum Gasteiger partial charge on any atom is 0.387 e. The molecule has 0 spiro atoms. The Balaban J connectivity index is 1.48. The van der Waals surface area contributed by atoms with Crippen LogP contribution in [0.15, 0.2) is 18.2 Å². The minimum atomic E-state index is -3.01. The van der Waals surface area contributed by atoms with Crippen molar-refractivity contribution in [2.24, 2.45) is 11.8 Å². The molecule has 144 valence electrons. The lowest BCUT2D eigenvalue weighted by Gasteiger charge is -2.36. The fraction of sp³-hybridized carbons (Fsp3) is 0.632. The van der Waals surface area contributed by atoms with Crippen LogP contribution in [0.4, 0.5) is 13.2 Å². The number of ether oxygens (including phenoxy) is 2. The SMILES string of the molecule is C[C@H]1CC[C@@H](NC(=O)[C@H]2C[C@H](Oc3cc(F)ccc3OC(F)F)C2)CC1. The molecule has 7 heteroatoms. The van der Waals surface area contributed by atoms with Gasteiger partial charge >= 0.3 is 6.61 Å². The summed E-state index contributed by atoms with van der Waals surface area (Å²) in [6.07, 6.45) is 4.95. The van der Waals surface area contributed by atoms with Crippen molar-refractivity contribution in [1.29, 1.82) is 0 Å². The molecule has 3 rings (SSSR count). The molecule has 0 aromatic heterocycles. The third kappa shape index (κ3) is 4.83. The van der Waals surface area contributed by atoms with E-state index in [0.717, 1.165) is 49.8 Å². The summed E-state index contributed by atoms with van der Waals surface area (Å²) in [5, 5.41) is 3.09. The van der Waals surface area contributed by atoms with Gasteiger partial charge in [-0.15, -0.1) is 0 Å². The number of hydrogen-bond acceptors (Lipinski definition) is 3. The van der Waals surface area contributed by atoms with Gasteiger partial charge < -0.3 is 14.8 Å². The van der Waals surface area contributed by atoms with Crippen molar-refractivity contribution < 1.29 is 27.4 Å². The molecule has 0 heterocycles. The minimum Gasteiger partial charge on any atom is -0.486 e. The van der Waals surface area contributed by atoms with E-state index in [1.165, 1.54) is 0 Å². The van der Waals surface area contributed by atoms with Gasteiger partial charge in [0.2, 0.25) is 5.91 Å². The van der Waals surface area contributed by atoms with Crippen LogP contribution in [0.1, 0.15) is 45.4 Å². The second kappa shape index (κ2) is 8.18. The molecule has 1 aromatic carbocycles. The number of halogens is 3. The molecule has 0 aliphatic heterocycles. The molecule has 0 radical (unpaired) electrons. The normalized spacial score (nSPS) is 28.3. The molecule has 1 amide bonds. The highest BCUT2D eigenvalue weighted by molar-refractivity contribution is 5.80. The Bertz CT molecular complexity index is 626. The summed E-state index contributed by atoms with van der Waals surface area (Å²) in [4.78, 5) is 12.3. The first-order chi connectivity index (χ1) is 12.4. The third-order valence-electron chi connectivity index (χ3n) is 5.24. The molecule has 1 aromatic rings. The van der Waals surface area contributed by atoms with Crippen molar-refractivity contribution in [1.82, 2.24) is 5.32 Å². The lowest BCUT2D eigenvalue weighted by Crippen LogP contribution is -2.47. The van der Waals surface area contributed by atoms with Crippen LogP contribution >= 0.6 is 0 Å². The molecule has 0 atom stereocenters. The van der Waals surface area contributed by atoms with Crippen LogP contribution in [-0.4, -0.2) is 24.7 Å². The number of carbonyl (C=O) groups is 1. The Morgan fingerprint density at radius 2 is 1.85 bits per heavy atom. The molecule has 2 aliphatic carbocycles. The van der Waals surface area contributed by atoms with Gasteiger partial charge in [0, 0.05) is 18.0 Å². The van der Waals surface area contributed by atoms with E-state index >= 15 is 0 Å². The molecular weight excluding hydrogens is 347 g/mol. The number of rotatable bonds is 6. The second-order valence-corrected chi connectivity index (χ2v) is 7.34. The van der Waals surface area contributed by atoms with Crippen molar-refractivity contribution in [3.05, 3.63) is 24.0 Å². The molecule has 1 N–H and O–H groups in total. The molecular formula is C19H24F3NO3. The van der Waals surface area contributed by atoms with Crippen LogP contribution in [0.3, 0.4) is 0 Å². The maximum absolute atomic E-state index is 13.4. The lowest BCUT2D eigenvalue weighted by molar-refractivity contribution is -0.131. The average Bonchev–Trinajstić information content (AvgIpc) is 2.54. The summed E-state index contributed by atoms with van der Waals surface area (Å²) >= 11 is 0. The topological polar surface area (TPSA) is 47.6 Å². The molecule has 2 aliphatic rings. The molecule has 0 unspecified atom stereocenters. The highest BCUT2D eigenvalue weighted by Crippen LogP contribution is 2.37. The van der Waals surface area contributed by atoms with Crippen LogP contribution in [0.2, 0.25) is 0 Å². The number of benzene rings is 1. The molecule has 0 saturated heterocycles. The summed E-state index contributed by atoms with van der Waals surface area (Å²) in [5.41, 5.74) is 0. The molecule has 4 nitrogen and oxygen atoms in total. The first-order valence-corrected chi connectivity index (χ1v) is 9.12. The van der Waals surface area contributed by atoms with Crippen LogP contribution in [-0.2, 0) is 4.79 Å². The van der Waals surface area contributed by atoms with Gasteiger partial charge in [-0.3, -0.25) is 4.79 Å². The number of nitrogens with one attached hydrogen (secondary N) is 1. The van der Waals surface area contributed by atoms with Crippen LogP contribution in [0.5, 0.6) is 11.5 Å². The van der Waals surface area contributed by atoms with Gasteiger partial charge in [-0.25, -0.2) is 4.39 Å². The zero-order valence-electron chi connectivity index (χ0n) is 14.7. The second-order valence-electron chi connectivity index (χ2n) is 7.34. The highest BCUT2D eigenvalue weighted by atomic mass is 19.3. The number of amides is 1. The summed E-state index contributed by atoms with van der Waals surface area (Å²) in [5.74, 6) is -0.261. The largest absolute Gasteiger partial charge is 0.486 e. The molecule has 2 saturated carbocycles. The van der Waals surface area contributed by atoms with Crippen molar-refractivity contribution in [2.75, 3.05) is 0 Å². The summed E-state index contributed by atoms with van der Waals surface area (Å²) in [6, 6.07) is 3.41. The third-order valence-corrected chi connectivity index (χ3v) is 5.24. The zero-order chi connectivity index (χ0) is 18.7. The first kappa shape index (κ1) is 18.9. The summed E-state index contributed by atoms with van der Waals surface area (Å²) in [7, 11) is 0. The van der Waals surface area contributed by atoms with E-state index in [0.29, 0.717) is 12.8 Å². The van der Waals surface area contributed by atoms with Gasteiger partial charge in [-0.2, -0.15) is 8.78 Å². The Labute approximate surface area is 151 Å². The fourth-order valence-corrected chi connectivity index (χ4v) is 3.55. The molecule has 2 fully saturated rings. The molecule has 0 bridgehead atoms. The quantitative estimate of drug-likeness (QED) is 0.812. The fourth-order valence-electron chi connectivity index (χ4n) is 3.55. The van der Waals surface area contributed by atoms with E-state index in [-0.39, 0.29) is 35.5 Å². The van der Waals surface area contributed by atoms with Crippen LogP contribution < -0.4 is 14.8 Å². The summed E-state index contributed by atoms with van der Waals surface area (Å²) in [6.45, 7) is -0.786. The van der Waals surface area contributed by atoms with Crippen molar-refractivity contribution in [3.63, 3.8) is 0 Å². The predicted octanol–water partition coefficient (Wildman–Crippen LogP) is 4.28. The number of hydrogen-bond donors (Lipinski definition) is 1. The van der Waals surface area contributed by atoms with Gasteiger partial charge in [-0.05, 0) is 56.6 Å². The smallest absolute Gasteiger partial charge is 0.387 e. The first-order valence-electron chi connectivity index (χ1n) is 9.12. The van der Waals surface area contributed by atoms with Crippen LogP contribution in [0, 0.1) is 17.7 Å².